The second kappa shape index (κ2) is 5.21. The molecule has 0 atom stereocenters. The van der Waals surface area contributed by atoms with Crippen molar-refractivity contribution in [1.82, 2.24) is 9.88 Å². The van der Waals surface area contributed by atoms with Crippen LogP contribution in [0.25, 0.3) is 10.9 Å². The van der Waals surface area contributed by atoms with E-state index < -0.39 is 0 Å². The van der Waals surface area contributed by atoms with Gasteiger partial charge in [0.15, 0.2) is 0 Å². The van der Waals surface area contributed by atoms with Gasteiger partial charge in [-0.1, -0.05) is 0 Å². The predicted octanol–water partition coefficient (Wildman–Crippen LogP) is 2.69. The SMILES string of the molecule is O=C(Cn1ccc2cc(F)ccc21)NCc1ccco1. The number of aromatic nitrogens is 1. The highest BCUT2D eigenvalue weighted by Crippen LogP contribution is 2.16. The Morgan fingerprint density at radius 1 is 1.30 bits per heavy atom. The number of fused-ring (bicyclic) bond motifs is 1. The molecule has 0 bridgehead atoms. The summed E-state index contributed by atoms with van der Waals surface area (Å²) in [5.41, 5.74) is 0.833. The molecule has 5 heteroatoms. The molecular weight excluding hydrogens is 259 g/mol. The zero-order valence-electron chi connectivity index (χ0n) is 10.7. The van der Waals surface area contributed by atoms with Gasteiger partial charge in [0.25, 0.3) is 0 Å². The van der Waals surface area contributed by atoms with E-state index in [1.54, 1.807) is 41.3 Å². The van der Waals surface area contributed by atoms with E-state index >= 15 is 0 Å². The maximum absolute atomic E-state index is 13.1. The highest BCUT2D eigenvalue weighted by molar-refractivity contribution is 5.83. The summed E-state index contributed by atoms with van der Waals surface area (Å²) in [6.45, 7) is 0.551. The fraction of sp³-hybridized carbons (Fsp3) is 0.133. The number of halogens is 1. The van der Waals surface area contributed by atoms with Crippen molar-refractivity contribution in [2.45, 2.75) is 13.1 Å². The molecule has 0 unspecified atom stereocenters. The van der Waals surface area contributed by atoms with Crippen LogP contribution in [0.5, 0.6) is 0 Å². The topological polar surface area (TPSA) is 47.2 Å². The largest absolute Gasteiger partial charge is 0.467 e. The van der Waals surface area contributed by atoms with Crippen molar-refractivity contribution in [3.63, 3.8) is 0 Å². The minimum Gasteiger partial charge on any atom is -0.467 e. The van der Waals surface area contributed by atoms with Gasteiger partial charge in [-0.3, -0.25) is 4.79 Å². The molecule has 20 heavy (non-hydrogen) atoms. The van der Waals surface area contributed by atoms with Crippen molar-refractivity contribution >= 4 is 16.8 Å². The average Bonchev–Trinajstić information content (AvgIpc) is 3.06. The highest BCUT2D eigenvalue weighted by Gasteiger charge is 2.07. The fourth-order valence-corrected chi connectivity index (χ4v) is 2.12. The van der Waals surface area contributed by atoms with Gasteiger partial charge in [0.2, 0.25) is 5.91 Å². The Labute approximate surface area is 114 Å². The third-order valence-corrected chi connectivity index (χ3v) is 3.09. The predicted molar refractivity (Wildman–Crippen MR) is 72.5 cm³/mol. The quantitative estimate of drug-likeness (QED) is 0.793. The highest BCUT2D eigenvalue weighted by atomic mass is 19.1. The Bertz CT molecular complexity index is 732. The van der Waals surface area contributed by atoms with Gasteiger partial charge < -0.3 is 14.3 Å². The molecule has 0 aliphatic heterocycles. The summed E-state index contributed by atoms with van der Waals surface area (Å²) in [6, 6.07) is 9.87. The summed E-state index contributed by atoms with van der Waals surface area (Å²) in [5.74, 6) is 0.304. The monoisotopic (exact) mass is 272 g/mol. The zero-order valence-corrected chi connectivity index (χ0v) is 10.7. The Morgan fingerprint density at radius 3 is 3.00 bits per heavy atom. The van der Waals surface area contributed by atoms with E-state index in [-0.39, 0.29) is 18.3 Å². The summed E-state index contributed by atoms with van der Waals surface area (Å²) in [6.07, 6.45) is 3.34. The molecular formula is C15H13FN2O2. The van der Waals surface area contributed by atoms with E-state index in [9.17, 15) is 9.18 Å². The summed E-state index contributed by atoms with van der Waals surface area (Å²) >= 11 is 0. The number of nitrogens with one attached hydrogen (secondary N) is 1. The van der Waals surface area contributed by atoms with Gasteiger partial charge in [-0.05, 0) is 36.4 Å². The fourth-order valence-electron chi connectivity index (χ4n) is 2.12. The summed E-state index contributed by atoms with van der Waals surface area (Å²) in [5, 5.41) is 3.55. The molecule has 0 aliphatic carbocycles. The van der Waals surface area contributed by atoms with Gasteiger partial charge in [0.1, 0.15) is 18.1 Å². The van der Waals surface area contributed by atoms with Gasteiger partial charge in [0.05, 0.1) is 12.8 Å². The van der Waals surface area contributed by atoms with Crippen LogP contribution in [0.2, 0.25) is 0 Å². The van der Waals surface area contributed by atoms with Gasteiger partial charge >= 0.3 is 0 Å². The molecule has 0 saturated carbocycles. The first-order valence-corrected chi connectivity index (χ1v) is 6.26. The van der Waals surface area contributed by atoms with Crippen LogP contribution in [0.1, 0.15) is 5.76 Å². The van der Waals surface area contributed by atoms with E-state index in [1.165, 1.54) is 12.1 Å². The van der Waals surface area contributed by atoms with Crippen molar-refractivity contribution in [2.24, 2.45) is 0 Å². The molecule has 3 rings (SSSR count). The van der Waals surface area contributed by atoms with Gasteiger partial charge in [-0.2, -0.15) is 0 Å². The maximum Gasteiger partial charge on any atom is 0.240 e. The van der Waals surface area contributed by atoms with Gasteiger partial charge in [-0.25, -0.2) is 4.39 Å². The first kappa shape index (κ1) is 12.5. The van der Waals surface area contributed by atoms with Crippen LogP contribution in [-0.4, -0.2) is 10.5 Å². The second-order valence-electron chi connectivity index (χ2n) is 4.50. The lowest BCUT2D eigenvalue weighted by molar-refractivity contribution is -0.121. The van der Waals surface area contributed by atoms with Crippen LogP contribution in [-0.2, 0) is 17.9 Å². The molecule has 102 valence electrons. The summed E-state index contributed by atoms with van der Waals surface area (Å²) in [4.78, 5) is 11.9. The standard InChI is InChI=1S/C15H13FN2O2/c16-12-3-4-14-11(8-12)5-6-18(14)10-15(19)17-9-13-2-1-7-20-13/h1-8H,9-10H2,(H,17,19). The van der Waals surface area contributed by atoms with E-state index in [2.05, 4.69) is 5.32 Å². The lowest BCUT2D eigenvalue weighted by atomic mass is 10.2. The van der Waals surface area contributed by atoms with Crippen molar-refractivity contribution < 1.29 is 13.6 Å². The molecule has 1 N–H and O–H groups in total. The minimum absolute atomic E-state index is 0.122. The van der Waals surface area contributed by atoms with E-state index in [1.807, 2.05) is 0 Å². The molecule has 0 spiro atoms. The van der Waals surface area contributed by atoms with Crippen LogP contribution in [0.3, 0.4) is 0 Å². The van der Waals surface area contributed by atoms with Crippen LogP contribution < -0.4 is 5.32 Å². The number of carbonyl (C=O) groups excluding carboxylic acids is 1. The Kier molecular flexibility index (Phi) is 3.25. The smallest absolute Gasteiger partial charge is 0.240 e. The van der Waals surface area contributed by atoms with E-state index in [0.717, 1.165) is 10.9 Å². The Balaban J connectivity index is 1.68. The molecule has 0 saturated heterocycles. The molecule has 2 heterocycles. The molecule has 1 amide bonds. The van der Waals surface area contributed by atoms with E-state index in [4.69, 9.17) is 4.42 Å². The summed E-state index contributed by atoms with van der Waals surface area (Å²) in [7, 11) is 0. The number of hydrogen-bond donors (Lipinski definition) is 1. The molecule has 0 radical (unpaired) electrons. The Hall–Kier alpha value is -2.56. The number of furan rings is 1. The second-order valence-corrected chi connectivity index (χ2v) is 4.50. The third kappa shape index (κ3) is 2.56. The number of nitrogens with zero attached hydrogens (tertiary/aromatic N) is 1. The van der Waals surface area contributed by atoms with Crippen LogP contribution in [0.15, 0.2) is 53.3 Å². The number of carbonyl (C=O) groups is 1. The van der Waals surface area contributed by atoms with Gasteiger partial charge in [-0.15, -0.1) is 0 Å². The van der Waals surface area contributed by atoms with Gasteiger partial charge in [0, 0.05) is 17.1 Å². The Morgan fingerprint density at radius 2 is 2.20 bits per heavy atom. The number of hydrogen-bond acceptors (Lipinski definition) is 2. The first-order valence-electron chi connectivity index (χ1n) is 6.26. The van der Waals surface area contributed by atoms with Crippen molar-refractivity contribution in [1.29, 1.82) is 0 Å². The van der Waals surface area contributed by atoms with Crippen LogP contribution >= 0.6 is 0 Å². The average molecular weight is 272 g/mol. The molecule has 3 aromatic rings. The molecule has 0 aliphatic rings. The third-order valence-electron chi connectivity index (χ3n) is 3.09. The van der Waals surface area contributed by atoms with Crippen LogP contribution in [0, 0.1) is 5.82 Å². The maximum atomic E-state index is 13.1. The number of rotatable bonds is 4. The molecule has 4 nitrogen and oxygen atoms in total. The lowest BCUT2D eigenvalue weighted by Gasteiger charge is -2.06. The number of amides is 1. The van der Waals surface area contributed by atoms with Crippen LogP contribution in [0.4, 0.5) is 4.39 Å². The lowest BCUT2D eigenvalue weighted by Crippen LogP contribution is -2.26. The van der Waals surface area contributed by atoms with Crippen molar-refractivity contribution in [3.8, 4) is 0 Å². The molecule has 0 fully saturated rings. The van der Waals surface area contributed by atoms with Crippen molar-refractivity contribution in [3.05, 3.63) is 60.4 Å². The zero-order chi connectivity index (χ0) is 13.9. The van der Waals surface area contributed by atoms with Crippen molar-refractivity contribution in [2.75, 3.05) is 0 Å². The normalized spacial score (nSPS) is 10.8. The molecule has 2 aromatic heterocycles. The first-order chi connectivity index (χ1) is 9.72. The molecule has 1 aromatic carbocycles. The van der Waals surface area contributed by atoms with E-state index in [0.29, 0.717) is 12.3 Å². The minimum atomic E-state index is -0.280. The summed E-state index contributed by atoms with van der Waals surface area (Å²) < 4.78 is 20.0. The number of benzene rings is 1.